The van der Waals surface area contributed by atoms with Crippen LogP contribution < -0.4 is 0 Å². The molecule has 3 aromatic rings. The van der Waals surface area contributed by atoms with Crippen molar-refractivity contribution in [2.45, 2.75) is 12.8 Å². The lowest BCUT2D eigenvalue weighted by Crippen LogP contribution is -2.09. The number of halogens is 1. The first-order chi connectivity index (χ1) is 9.33. The molecule has 2 nitrogen and oxygen atoms in total. The van der Waals surface area contributed by atoms with Crippen molar-refractivity contribution in [3.05, 3.63) is 48.5 Å². The summed E-state index contributed by atoms with van der Waals surface area (Å²) in [5.74, 6) is 0.164. The lowest BCUT2D eigenvalue weighted by molar-refractivity contribution is 0.0912. The highest BCUT2D eigenvalue weighted by atomic mass is 79.9. The Morgan fingerprint density at radius 1 is 0.947 bits per heavy atom. The Bertz CT molecular complexity index is 691. The minimum atomic E-state index is 0.164. The van der Waals surface area contributed by atoms with Gasteiger partial charge >= 0.3 is 0 Å². The number of carbonyl (C=O) groups excluding carboxylic acids is 1. The van der Waals surface area contributed by atoms with Crippen molar-refractivity contribution in [2.75, 3.05) is 5.33 Å². The molecule has 0 aliphatic heterocycles. The average molecular weight is 316 g/mol. The van der Waals surface area contributed by atoms with Crippen LogP contribution in [0.4, 0.5) is 0 Å². The predicted molar refractivity (Wildman–Crippen MR) is 83.1 cm³/mol. The van der Waals surface area contributed by atoms with Crippen LogP contribution in [0.5, 0.6) is 0 Å². The first-order valence-corrected chi connectivity index (χ1v) is 7.52. The maximum atomic E-state index is 12.4. The fraction of sp³-hybridized carbons (Fsp3) is 0.188. The van der Waals surface area contributed by atoms with E-state index in [-0.39, 0.29) is 5.91 Å². The van der Waals surface area contributed by atoms with Crippen LogP contribution in [0.2, 0.25) is 0 Å². The minimum absolute atomic E-state index is 0.164. The van der Waals surface area contributed by atoms with Gasteiger partial charge < -0.3 is 0 Å². The van der Waals surface area contributed by atoms with E-state index >= 15 is 0 Å². The summed E-state index contributed by atoms with van der Waals surface area (Å²) in [5, 5.41) is 3.14. The number of hydrogen-bond acceptors (Lipinski definition) is 1. The third-order valence-electron chi connectivity index (χ3n) is 3.35. The van der Waals surface area contributed by atoms with E-state index in [1.54, 1.807) is 0 Å². The Morgan fingerprint density at radius 2 is 1.47 bits per heavy atom. The Kier molecular flexibility index (Phi) is 3.38. The normalized spacial score (nSPS) is 11.2. The molecular formula is C16H14BrNO. The smallest absolute Gasteiger partial charge is 0.231 e. The van der Waals surface area contributed by atoms with Gasteiger partial charge in [-0.15, -0.1) is 0 Å². The van der Waals surface area contributed by atoms with Crippen molar-refractivity contribution in [3.63, 3.8) is 0 Å². The fourth-order valence-corrected chi connectivity index (χ4v) is 2.80. The third kappa shape index (κ3) is 2.08. The Morgan fingerprint density at radius 3 is 2.00 bits per heavy atom. The molecule has 0 bridgehead atoms. The zero-order valence-electron chi connectivity index (χ0n) is 10.5. The molecule has 0 saturated heterocycles. The fourth-order valence-electron chi connectivity index (χ4n) is 2.52. The van der Waals surface area contributed by atoms with Crippen molar-refractivity contribution in [1.29, 1.82) is 0 Å². The minimum Gasteiger partial charge on any atom is -0.280 e. The second-order valence-corrected chi connectivity index (χ2v) is 5.35. The summed E-state index contributed by atoms with van der Waals surface area (Å²) in [6, 6.07) is 16.2. The quantitative estimate of drug-likeness (QED) is 0.647. The monoisotopic (exact) mass is 315 g/mol. The van der Waals surface area contributed by atoms with E-state index < -0.39 is 0 Å². The number of fused-ring (bicyclic) bond motifs is 3. The van der Waals surface area contributed by atoms with E-state index in [9.17, 15) is 4.79 Å². The number of nitrogens with zero attached hydrogens (tertiary/aromatic N) is 1. The summed E-state index contributed by atoms with van der Waals surface area (Å²) in [7, 11) is 0. The first-order valence-electron chi connectivity index (χ1n) is 6.40. The molecule has 2 aromatic carbocycles. The van der Waals surface area contributed by atoms with Crippen LogP contribution in [0, 0.1) is 0 Å². The molecule has 0 spiro atoms. The molecule has 19 heavy (non-hydrogen) atoms. The van der Waals surface area contributed by atoms with E-state index in [4.69, 9.17) is 0 Å². The van der Waals surface area contributed by atoms with Gasteiger partial charge in [0, 0.05) is 22.5 Å². The van der Waals surface area contributed by atoms with Gasteiger partial charge in [-0.3, -0.25) is 9.36 Å². The van der Waals surface area contributed by atoms with Gasteiger partial charge in [-0.1, -0.05) is 52.3 Å². The Hall–Kier alpha value is -1.61. The van der Waals surface area contributed by atoms with E-state index in [1.165, 1.54) is 0 Å². The summed E-state index contributed by atoms with van der Waals surface area (Å²) in [6.07, 6.45) is 1.42. The number of carbonyl (C=O) groups is 1. The van der Waals surface area contributed by atoms with Crippen LogP contribution in [0.3, 0.4) is 0 Å². The molecule has 0 unspecified atom stereocenters. The standard InChI is InChI=1S/C16H14BrNO/c17-11-5-10-16(19)18-14-8-3-1-6-12(14)13-7-2-4-9-15(13)18/h1-4,6-9H,5,10-11H2. The molecule has 3 heteroatoms. The number of para-hydroxylation sites is 2. The van der Waals surface area contributed by atoms with Gasteiger partial charge in [0.15, 0.2) is 0 Å². The molecule has 0 amide bonds. The highest BCUT2D eigenvalue weighted by Crippen LogP contribution is 2.28. The van der Waals surface area contributed by atoms with Crippen molar-refractivity contribution >= 4 is 43.6 Å². The molecular weight excluding hydrogens is 302 g/mol. The zero-order chi connectivity index (χ0) is 13.2. The first kappa shape index (κ1) is 12.4. The molecule has 1 aromatic heterocycles. The van der Waals surface area contributed by atoms with Gasteiger partial charge in [-0.2, -0.15) is 0 Å². The van der Waals surface area contributed by atoms with E-state index in [1.807, 2.05) is 41.0 Å². The second-order valence-electron chi connectivity index (χ2n) is 4.56. The van der Waals surface area contributed by atoms with Crippen molar-refractivity contribution < 1.29 is 4.79 Å². The lowest BCUT2D eigenvalue weighted by atomic mass is 10.2. The van der Waals surface area contributed by atoms with E-state index in [0.29, 0.717) is 6.42 Å². The summed E-state index contributed by atoms with van der Waals surface area (Å²) >= 11 is 3.38. The number of aromatic nitrogens is 1. The highest BCUT2D eigenvalue weighted by Gasteiger charge is 2.14. The van der Waals surface area contributed by atoms with Crippen molar-refractivity contribution in [1.82, 2.24) is 4.57 Å². The summed E-state index contributed by atoms with van der Waals surface area (Å²) in [6.45, 7) is 0. The van der Waals surface area contributed by atoms with Gasteiger partial charge in [0.1, 0.15) is 0 Å². The predicted octanol–water partition coefficient (Wildman–Crippen LogP) is 4.61. The second kappa shape index (κ2) is 5.17. The maximum absolute atomic E-state index is 12.4. The maximum Gasteiger partial charge on any atom is 0.231 e. The number of benzene rings is 2. The Labute approximate surface area is 120 Å². The molecule has 0 saturated carbocycles. The van der Waals surface area contributed by atoms with Crippen LogP contribution in [0.25, 0.3) is 21.8 Å². The third-order valence-corrected chi connectivity index (χ3v) is 3.91. The molecule has 0 fully saturated rings. The molecule has 96 valence electrons. The summed E-state index contributed by atoms with van der Waals surface area (Å²) in [4.78, 5) is 12.4. The van der Waals surface area contributed by atoms with Gasteiger partial charge in [0.25, 0.3) is 0 Å². The van der Waals surface area contributed by atoms with Crippen LogP contribution >= 0.6 is 15.9 Å². The summed E-state index contributed by atoms with van der Waals surface area (Å²) in [5.41, 5.74) is 2.01. The number of hydrogen-bond donors (Lipinski definition) is 0. The van der Waals surface area contributed by atoms with Crippen LogP contribution in [-0.2, 0) is 0 Å². The van der Waals surface area contributed by atoms with Crippen molar-refractivity contribution in [3.8, 4) is 0 Å². The molecule has 0 aliphatic rings. The van der Waals surface area contributed by atoms with Gasteiger partial charge in [-0.05, 0) is 18.6 Å². The van der Waals surface area contributed by atoms with Gasteiger partial charge in [0.05, 0.1) is 11.0 Å². The van der Waals surface area contributed by atoms with Gasteiger partial charge in [-0.25, -0.2) is 0 Å². The SMILES string of the molecule is O=C(CCCBr)n1c2ccccc2c2ccccc21. The van der Waals surface area contributed by atoms with Crippen LogP contribution in [0.15, 0.2) is 48.5 Å². The zero-order valence-corrected chi connectivity index (χ0v) is 12.1. The number of rotatable bonds is 3. The number of alkyl halides is 1. The Balaban J connectivity index is 2.27. The van der Waals surface area contributed by atoms with E-state index in [0.717, 1.165) is 33.6 Å². The molecule has 0 N–H and O–H groups in total. The molecule has 0 radical (unpaired) electrons. The summed E-state index contributed by atoms with van der Waals surface area (Å²) < 4.78 is 1.85. The molecule has 0 aliphatic carbocycles. The van der Waals surface area contributed by atoms with E-state index in [2.05, 4.69) is 28.1 Å². The highest BCUT2D eigenvalue weighted by molar-refractivity contribution is 9.09. The molecule has 1 heterocycles. The largest absolute Gasteiger partial charge is 0.280 e. The molecule has 3 rings (SSSR count). The average Bonchev–Trinajstić information content (AvgIpc) is 2.79. The lowest BCUT2D eigenvalue weighted by Gasteiger charge is -2.04. The van der Waals surface area contributed by atoms with Gasteiger partial charge in [0.2, 0.25) is 5.91 Å². The topological polar surface area (TPSA) is 22.0 Å². The van der Waals surface area contributed by atoms with Crippen LogP contribution in [-0.4, -0.2) is 15.8 Å². The molecule has 0 atom stereocenters. The van der Waals surface area contributed by atoms with Crippen LogP contribution in [0.1, 0.15) is 17.6 Å². The van der Waals surface area contributed by atoms with Crippen molar-refractivity contribution in [2.24, 2.45) is 0 Å².